The minimum atomic E-state index is -0.729. The summed E-state index contributed by atoms with van der Waals surface area (Å²) in [5.74, 6) is 1.45. The zero-order valence-electron chi connectivity index (χ0n) is 16.6. The second-order valence-corrected chi connectivity index (χ2v) is 9.19. The van der Waals surface area contributed by atoms with Gasteiger partial charge in [-0.25, -0.2) is 9.97 Å². The van der Waals surface area contributed by atoms with E-state index >= 15 is 0 Å². The Hall–Kier alpha value is -2.25. The first-order valence-corrected chi connectivity index (χ1v) is 9.84. The van der Waals surface area contributed by atoms with E-state index in [1.165, 1.54) is 0 Å². The van der Waals surface area contributed by atoms with Crippen LogP contribution in [-0.4, -0.2) is 48.8 Å². The van der Waals surface area contributed by atoms with Gasteiger partial charge in [0.05, 0.1) is 12.1 Å². The molecule has 148 valence electrons. The summed E-state index contributed by atoms with van der Waals surface area (Å²) < 4.78 is 0. The Morgan fingerprint density at radius 3 is 2.57 bits per heavy atom. The third-order valence-electron chi connectivity index (χ3n) is 4.96. The van der Waals surface area contributed by atoms with Crippen molar-refractivity contribution in [2.75, 3.05) is 18.0 Å². The number of halogens is 1. The Kier molecular flexibility index (Phi) is 4.55. The van der Waals surface area contributed by atoms with Crippen molar-refractivity contribution in [1.29, 1.82) is 0 Å². The highest BCUT2D eigenvalue weighted by molar-refractivity contribution is 6.31. The van der Waals surface area contributed by atoms with Crippen molar-refractivity contribution < 1.29 is 5.11 Å². The minimum absolute atomic E-state index is 0.225. The molecule has 0 aliphatic carbocycles. The molecule has 1 aromatic carbocycles. The number of hydrogen-bond donors (Lipinski definition) is 1. The van der Waals surface area contributed by atoms with Gasteiger partial charge in [-0.05, 0) is 25.0 Å². The van der Waals surface area contributed by atoms with Crippen molar-refractivity contribution in [3.63, 3.8) is 0 Å². The third-order valence-corrected chi connectivity index (χ3v) is 5.33. The topological polar surface area (TPSA) is 80.0 Å². The number of fused-ring (bicyclic) bond motifs is 1. The lowest BCUT2D eigenvalue weighted by Crippen LogP contribution is -2.31. The largest absolute Gasteiger partial charge is 0.388 e. The van der Waals surface area contributed by atoms with Gasteiger partial charge < -0.3 is 10.0 Å². The number of nitrogens with zero attached hydrogens (tertiary/aromatic N) is 6. The molecule has 1 aliphatic heterocycles. The van der Waals surface area contributed by atoms with Crippen molar-refractivity contribution in [1.82, 2.24) is 25.0 Å². The molecule has 1 fully saturated rings. The van der Waals surface area contributed by atoms with E-state index in [1.54, 1.807) is 4.80 Å². The molecule has 3 heterocycles. The van der Waals surface area contributed by atoms with Crippen LogP contribution >= 0.6 is 11.6 Å². The molecular weight excluding hydrogens is 376 g/mol. The van der Waals surface area contributed by atoms with Crippen LogP contribution in [0.4, 0.5) is 5.82 Å². The van der Waals surface area contributed by atoms with Crippen LogP contribution in [0.2, 0.25) is 5.02 Å². The fourth-order valence-electron chi connectivity index (χ4n) is 3.37. The van der Waals surface area contributed by atoms with Crippen LogP contribution < -0.4 is 4.90 Å². The summed E-state index contributed by atoms with van der Waals surface area (Å²) >= 11 is 6.29. The van der Waals surface area contributed by atoms with Crippen LogP contribution in [0.3, 0.4) is 0 Å². The molecule has 1 saturated heterocycles. The van der Waals surface area contributed by atoms with Gasteiger partial charge in [-0.2, -0.15) is 4.80 Å². The zero-order chi connectivity index (χ0) is 20.1. The number of rotatable bonds is 3. The molecule has 28 heavy (non-hydrogen) atoms. The molecule has 1 N–H and O–H groups in total. The second kappa shape index (κ2) is 6.67. The van der Waals surface area contributed by atoms with Gasteiger partial charge >= 0.3 is 0 Å². The maximum absolute atomic E-state index is 10.4. The summed E-state index contributed by atoms with van der Waals surface area (Å²) in [6, 6.07) is 7.66. The van der Waals surface area contributed by atoms with Crippen molar-refractivity contribution in [3.05, 3.63) is 40.7 Å². The average Bonchev–Trinajstić information content (AvgIpc) is 3.17. The first-order valence-electron chi connectivity index (χ1n) is 9.46. The molecule has 0 spiro atoms. The number of anilines is 1. The number of aliphatic hydroxyl groups is 1. The lowest BCUT2D eigenvalue weighted by Gasteiger charge is -2.22. The monoisotopic (exact) mass is 400 g/mol. The predicted octanol–water partition coefficient (Wildman–Crippen LogP) is 3.18. The minimum Gasteiger partial charge on any atom is -0.388 e. The quantitative estimate of drug-likeness (QED) is 0.727. The Labute approximate surface area is 169 Å². The smallest absolute Gasteiger partial charge is 0.207 e. The molecule has 0 radical (unpaired) electrons. The van der Waals surface area contributed by atoms with Gasteiger partial charge in [0.2, 0.25) is 5.65 Å². The van der Waals surface area contributed by atoms with Crippen LogP contribution in [0, 0.1) is 0 Å². The second-order valence-electron chi connectivity index (χ2n) is 8.78. The molecular formula is C20H25ClN6O. The lowest BCUT2D eigenvalue weighted by atomic mass is 9.96. The van der Waals surface area contributed by atoms with Gasteiger partial charge in [0.25, 0.3) is 0 Å². The van der Waals surface area contributed by atoms with Crippen molar-refractivity contribution in [2.45, 2.75) is 51.7 Å². The van der Waals surface area contributed by atoms with E-state index in [0.29, 0.717) is 41.5 Å². The first kappa shape index (κ1) is 19.1. The predicted molar refractivity (Wildman–Crippen MR) is 110 cm³/mol. The van der Waals surface area contributed by atoms with Gasteiger partial charge in [0.1, 0.15) is 5.82 Å². The summed E-state index contributed by atoms with van der Waals surface area (Å²) in [6.45, 7) is 9.77. The molecule has 4 rings (SSSR count). The maximum atomic E-state index is 10.4. The lowest BCUT2D eigenvalue weighted by molar-refractivity contribution is 0.0839. The summed E-state index contributed by atoms with van der Waals surface area (Å²) in [5, 5.41) is 20.4. The van der Waals surface area contributed by atoms with Crippen LogP contribution in [0.25, 0.3) is 11.2 Å². The Balaban J connectivity index is 1.80. The van der Waals surface area contributed by atoms with E-state index in [9.17, 15) is 5.11 Å². The number of aromatic nitrogens is 5. The summed E-state index contributed by atoms with van der Waals surface area (Å²) in [6.07, 6.45) is 0.692. The van der Waals surface area contributed by atoms with E-state index in [-0.39, 0.29) is 5.41 Å². The Morgan fingerprint density at radius 1 is 1.18 bits per heavy atom. The Bertz CT molecular complexity index is 1020. The molecule has 0 amide bonds. The van der Waals surface area contributed by atoms with Gasteiger partial charge in [-0.15, -0.1) is 10.2 Å². The first-order chi connectivity index (χ1) is 13.1. The summed E-state index contributed by atoms with van der Waals surface area (Å²) in [7, 11) is 0. The zero-order valence-corrected chi connectivity index (χ0v) is 17.4. The van der Waals surface area contributed by atoms with E-state index in [4.69, 9.17) is 16.6 Å². The van der Waals surface area contributed by atoms with E-state index in [2.05, 4.69) is 40.9 Å². The SMILES string of the molecule is CC(C)(C)c1nc(N2CC[C@](C)(O)C2)c2nn(Cc3ccccc3Cl)nc2n1. The molecule has 7 nitrogen and oxygen atoms in total. The summed E-state index contributed by atoms with van der Waals surface area (Å²) in [4.78, 5) is 13.2. The molecule has 3 aromatic rings. The molecule has 0 saturated carbocycles. The Morgan fingerprint density at radius 2 is 1.93 bits per heavy atom. The highest BCUT2D eigenvalue weighted by Gasteiger charge is 2.34. The molecule has 0 unspecified atom stereocenters. The van der Waals surface area contributed by atoms with E-state index < -0.39 is 5.60 Å². The van der Waals surface area contributed by atoms with Crippen LogP contribution in [0.1, 0.15) is 45.5 Å². The molecule has 1 atom stereocenters. The van der Waals surface area contributed by atoms with Crippen LogP contribution in [0.5, 0.6) is 0 Å². The number of β-amino-alcohol motifs (C(OH)–C–C–N with tert-alkyl or cyclic N) is 1. The average molecular weight is 401 g/mol. The standard InChI is InChI=1S/C20H25ClN6O/c1-19(2,3)18-22-16-15(17(23-18)26-10-9-20(4,28)12-26)24-27(25-16)11-13-7-5-6-8-14(13)21/h5-8,28H,9-12H2,1-4H3/t20-/m0/s1. The van der Waals surface area contributed by atoms with Crippen LogP contribution in [-0.2, 0) is 12.0 Å². The molecule has 1 aliphatic rings. The maximum Gasteiger partial charge on any atom is 0.207 e. The number of benzene rings is 1. The normalized spacial score (nSPS) is 20.3. The van der Waals surface area contributed by atoms with Gasteiger partial charge in [-0.1, -0.05) is 50.6 Å². The molecule has 2 aromatic heterocycles. The van der Waals surface area contributed by atoms with Gasteiger partial charge in [-0.3, -0.25) is 0 Å². The highest BCUT2D eigenvalue weighted by Crippen LogP contribution is 2.31. The third kappa shape index (κ3) is 3.69. The van der Waals surface area contributed by atoms with Crippen molar-refractivity contribution in [2.24, 2.45) is 0 Å². The van der Waals surface area contributed by atoms with Crippen molar-refractivity contribution in [3.8, 4) is 0 Å². The van der Waals surface area contributed by atoms with Crippen LogP contribution in [0.15, 0.2) is 24.3 Å². The summed E-state index contributed by atoms with van der Waals surface area (Å²) in [5.41, 5.74) is 1.20. The van der Waals surface area contributed by atoms with E-state index in [1.807, 2.05) is 31.2 Å². The fourth-order valence-corrected chi connectivity index (χ4v) is 3.56. The van der Waals surface area contributed by atoms with Gasteiger partial charge in [0.15, 0.2) is 11.3 Å². The highest BCUT2D eigenvalue weighted by atomic mass is 35.5. The van der Waals surface area contributed by atoms with Gasteiger partial charge in [0, 0.05) is 23.5 Å². The fraction of sp³-hybridized carbons (Fsp3) is 0.500. The molecule has 8 heteroatoms. The van der Waals surface area contributed by atoms with Crippen molar-refractivity contribution >= 4 is 28.6 Å². The molecule has 0 bridgehead atoms. The number of hydrogen-bond acceptors (Lipinski definition) is 6. The van der Waals surface area contributed by atoms with E-state index in [0.717, 1.165) is 17.9 Å².